The monoisotopic (exact) mass is 221 g/mol. The van der Waals surface area contributed by atoms with E-state index in [1.807, 2.05) is 13.0 Å². The van der Waals surface area contributed by atoms with Gasteiger partial charge in [-0.05, 0) is 25.5 Å². The minimum atomic E-state index is -0.00192. The third kappa shape index (κ3) is 2.54. The summed E-state index contributed by atoms with van der Waals surface area (Å²) in [5.74, 6) is 0.908. The van der Waals surface area contributed by atoms with Gasteiger partial charge in [-0.3, -0.25) is 0 Å². The van der Waals surface area contributed by atoms with Crippen molar-refractivity contribution in [3.8, 4) is 5.75 Å². The SMILES string of the molecule is Cc1ccc([C@@H](C)N)c(OC2CCOC2)c1. The number of ether oxygens (including phenoxy) is 2. The van der Waals surface area contributed by atoms with Gasteiger partial charge in [0, 0.05) is 18.0 Å². The summed E-state index contributed by atoms with van der Waals surface area (Å²) >= 11 is 0. The van der Waals surface area contributed by atoms with Gasteiger partial charge in [-0.2, -0.15) is 0 Å². The van der Waals surface area contributed by atoms with Gasteiger partial charge in [0.25, 0.3) is 0 Å². The molecular formula is C13H19NO2. The van der Waals surface area contributed by atoms with E-state index in [4.69, 9.17) is 15.2 Å². The molecule has 1 aromatic rings. The van der Waals surface area contributed by atoms with Crippen molar-refractivity contribution in [3.63, 3.8) is 0 Å². The third-order valence-corrected chi connectivity index (χ3v) is 2.84. The highest BCUT2D eigenvalue weighted by Gasteiger charge is 2.19. The van der Waals surface area contributed by atoms with Crippen molar-refractivity contribution in [1.29, 1.82) is 0 Å². The maximum absolute atomic E-state index is 5.94. The maximum atomic E-state index is 5.94. The molecule has 16 heavy (non-hydrogen) atoms. The summed E-state index contributed by atoms with van der Waals surface area (Å²) in [6.45, 7) is 5.52. The normalized spacial score (nSPS) is 22.1. The van der Waals surface area contributed by atoms with E-state index in [2.05, 4.69) is 19.1 Å². The molecule has 1 heterocycles. The Morgan fingerprint density at radius 2 is 2.31 bits per heavy atom. The molecule has 0 aromatic heterocycles. The van der Waals surface area contributed by atoms with Crippen LogP contribution >= 0.6 is 0 Å². The van der Waals surface area contributed by atoms with Gasteiger partial charge in [0.15, 0.2) is 0 Å². The Morgan fingerprint density at radius 1 is 1.50 bits per heavy atom. The van der Waals surface area contributed by atoms with Crippen LogP contribution in [0.15, 0.2) is 18.2 Å². The first-order valence-corrected chi connectivity index (χ1v) is 5.77. The first-order valence-electron chi connectivity index (χ1n) is 5.77. The zero-order chi connectivity index (χ0) is 11.5. The predicted octanol–water partition coefficient (Wildman–Crippen LogP) is 2.18. The quantitative estimate of drug-likeness (QED) is 0.850. The Kier molecular flexibility index (Phi) is 3.46. The highest BCUT2D eigenvalue weighted by Crippen LogP contribution is 2.27. The van der Waals surface area contributed by atoms with Gasteiger partial charge in [-0.1, -0.05) is 12.1 Å². The standard InChI is InChI=1S/C13H19NO2/c1-9-3-4-12(10(2)14)13(7-9)16-11-5-6-15-8-11/h3-4,7,10-11H,5-6,8,14H2,1-2H3/t10-,11?/m1/s1. The molecule has 1 aromatic carbocycles. The molecule has 0 amide bonds. The summed E-state index contributed by atoms with van der Waals surface area (Å²) in [7, 11) is 0. The first kappa shape index (κ1) is 11.4. The zero-order valence-electron chi connectivity index (χ0n) is 9.90. The fraction of sp³-hybridized carbons (Fsp3) is 0.538. The van der Waals surface area contributed by atoms with Crippen molar-refractivity contribution < 1.29 is 9.47 Å². The number of rotatable bonds is 3. The third-order valence-electron chi connectivity index (χ3n) is 2.84. The van der Waals surface area contributed by atoms with Crippen molar-refractivity contribution in [2.45, 2.75) is 32.4 Å². The van der Waals surface area contributed by atoms with E-state index in [1.54, 1.807) is 0 Å². The fourth-order valence-electron chi connectivity index (χ4n) is 1.91. The topological polar surface area (TPSA) is 44.5 Å². The molecule has 1 unspecified atom stereocenters. The van der Waals surface area contributed by atoms with Gasteiger partial charge in [0.1, 0.15) is 11.9 Å². The number of hydrogen-bond acceptors (Lipinski definition) is 3. The molecular weight excluding hydrogens is 202 g/mol. The molecule has 1 fully saturated rings. The fourth-order valence-corrected chi connectivity index (χ4v) is 1.91. The Bertz CT molecular complexity index is 357. The Labute approximate surface area is 96.5 Å². The minimum Gasteiger partial charge on any atom is -0.488 e. The summed E-state index contributed by atoms with van der Waals surface area (Å²) in [6.07, 6.45) is 1.14. The van der Waals surface area contributed by atoms with Crippen LogP contribution in [0.25, 0.3) is 0 Å². The summed E-state index contributed by atoms with van der Waals surface area (Å²) in [6, 6.07) is 6.16. The largest absolute Gasteiger partial charge is 0.488 e. The van der Waals surface area contributed by atoms with Crippen molar-refractivity contribution in [1.82, 2.24) is 0 Å². The number of benzene rings is 1. The number of nitrogens with two attached hydrogens (primary N) is 1. The molecule has 0 bridgehead atoms. The van der Waals surface area contributed by atoms with Crippen LogP contribution in [-0.4, -0.2) is 19.3 Å². The molecule has 88 valence electrons. The molecule has 2 N–H and O–H groups in total. The van der Waals surface area contributed by atoms with Crippen molar-refractivity contribution in [2.75, 3.05) is 13.2 Å². The summed E-state index contributed by atoms with van der Waals surface area (Å²) < 4.78 is 11.2. The van der Waals surface area contributed by atoms with E-state index in [0.717, 1.165) is 24.3 Å². The second-order valence-electron chi connectivity index (χ2n) is 4.43. The lowest BCUT2D eigenvalue weighted by Gasteiger charge is -2.18. The van der Waals surface area contributed by atoms with E-state index in [9.17, 15) is 0 Å². The molecule has 0 radical (unpaired) electrons. The molecule has 3 nitrogen and oxygen atoms in total. The lowest BCUT2D eigenvalue weighted by atomic mass is 10.1. The Morgan fingerprint density at radius 3 is 2.94 bits per heavy atom. The van der Waals surface area contributed by atoms with Crippen molar-refractivity contribution in [2.24, 2.45) is 5.73 Å². The number of hydrogen-bond donors (Lipinski definition) is 1. The van der Waals surface area contributed by atoms with E-state index in [-0.39, 0.29) is 12.1 Å². The van der Waals surface area contributed by atoms with Crippen LogP contribution in [0.3, 0.4) is 0 Å². The summed E-state index contributed by atoms with van der Waals surface area (Å²) in [5, 5.41) is 0. The molecule has 2 rings (SSSR count). The van der Waals surface area contributed by atoms with Gasteiger partial charge in [-0.15, -0.1) is 0 Å². The second kappa shape index (κ2) is 4.85. The lowest BCUT2D eigenvalue weighted by molar-refractivity contribution is 0.140. The van der Waals surface area contributed by atoms with E-state index < -0.39 is 0 Å². The molecule has 0 saturated carbocycles. The average Bonchev–Trinajstić information content (AvgIpc) is 2.70. The molecule has 0 aliphatic carbocycles. The molecule has 1 aliphatic rings. The molecule has 1 aliphatic heterocycles. The number of aryl methyl sites for hydroxylation is 1. The van der Waals surface area contributed by atoms with E-state index >= 15 is 0 Å². The Balaban J connectivity index is 2.19. The Hall–Kier alpha value is -1.06. The maximum Gasteiger partial charge on any atom is 0.124 e. The van der Waals surface area contributed by atoms with Gasteiger partial charge >= 0.3 is 0 Å². The van der Waals surface area contributed by atoms with Crippen LogP contribution in [0.4, 0.5) is 0 Å². The van der Waals surface area contributed by atoms with Crippen molar-refractivity contribution in [3.05, 3.63) is 29.3 Å². The van der Waals surface area contributed by atoms with Crippen LogP contribution in [0.2, 0.25) is 0 Å². The van der Waals surface area contributed by atoms with Crippen LogP contribution < -0.4 is 10.5 Å². The van der Waals surface area contributed by atoms with Crippen LogP contribution in [0.5, 0.6) is 5.75 Å². The smallest absolute Gasteiger partial charge is 0.124 e. The zero-order valence-corrected chi connectivity index (χ0v) is 9.90. The average molecular weight is 221 g/mol. The highest BCUT2D eigenvalue weighted by molar-refractivity contribution is 5.39. The van der Waals surface area contributed by atoms with Gasteiger partial charge in [0.05, 0.1) is 13.2 Å². The first-order chi connectivity index (χ1) is 7.66. The molecule has 1 saturated heterocycles. The predicted molar refractivity (Wildman–Crippen MR) is 63.6 cm³/mol. The van der Waals surface area contributed by atoms with Gasteiger partial charge in [-0.25, -0.2) is 0 Å². The van der Waals surface area contributed by atoms with Crippen LogP contribution in [0.1, 0.15) is 30.5 Å². The molecule has 0 spiro atoms. The van der Waals surface area contributed by atoms with E-state index in [0.29, 0.717) is 6.61 Å². The second-order valence-corrected chi connectivity index (χ2v) is 4.43. The summed E-state index contributed by atoms with van der Waals surface area (Å²) in [4.78, 5) is 0. The van der Waals surface area contributed by atoms with Gasteiger partial charge < -0.3 is 15.2 Å². The highest BCUT2D eigenvalue weighted by atomic mass is 16.5. The molecule has 3 heteroatoms. The van der Waals surface area contributed by atoms with Crippen molar-refractivity contribution >= 4 is 0 Å². The van der Waals surface area contributed by atoms with E-state index in [1.165, 1.54) is 5.56 Å². The van der Waals surface area contributed by atoms with Gasteiger partial charge in [0.2, 0.25) is 0 Å². The van der Waals surface area contributed by atoms with Crippen LogP contribution in [-0.2, 0) is 4.74 Å². The molecule has 2 atom stereocenters. The summed E-state index contributed by atoms with van der Waals surface area (Å²) in [5.41, 5.74) is 8.19. The minimum absolute atomic E-state index is 0.00192. The van der Waals surface area contributed by atoms with Crippen LogP contribution in [0, 0.1) is 6.92 Å². The lowest BCUT2D eigenvalue weighted by Crippen LogP contribution is -2.18.